The van der Waals surface area contributed by atoms with Gasteiger partial charge in [-0.05, 0) is 18.8 Å². The van der Waals surface area contributed by atoms with Crippen LogP contribution in [-0.2, 0) is 19.7 Å². The Morgan fingerprint density at radius 2 is 1.59 bits per heavy atom. The van der Waals surface area contributed by atoms with Crippen LogP contribution in [-0.4, -0.2) is 70.4 Å². The minimum absolute atomic E-state index is 0. The van der Waals surface area contributed by atoms with Gasteiger partial charge in [-0.1, -0.05) is 0 Å². The van der Waals surface area contributed by atoms with Gasteiger partial charge in [0.1, 0.15) is 0 Å². The van der Waals surface area contributed by atoms with Gasteiger partial charge in [0.2, 0.25) is 0 Å². The molecule has 1 atom stereocenters. The normalized spacial score (nSPS) is 12.5. The molecule has 0 heterocycles. The predicted molar refractivity (Wildman–Crippen MR) is 60.8 cm³/mol. The van der Waals surface area contributed by atoms with Crippen molar-refractivity contribution in [2.75, 3.05) is 5.75 Å². The second kappa shape index (κ2) is 8.87. The van der Waals surface area contributed by atoms with Crippen molar-refractivity contribution < 1.29 is 32.8 Å². The number of carbonyl (C=O) groups is 2. The molecule has 0 rings (SSSR count). The van der Waals surface area contributed by atoms with E-state index in [-0.39, 0.29) is 55.2 Å². The molecular weight excluding hydrogens is 263 g/mol. The molecule has 0 aromatic carbocycles. The Hall–Kier alpha value is -0.150. The third-order valence-electron chi connectivity index (χ3n) is 2.01. The molecule has 1 unspecified atom stereocenters. The molecule has 0 radical (unpaired) electrons. The van der Waals surface area contributed by atoms with Gasteiger partial charge in [-0.15, -0.1) is 0 Å². The molecule has 0 aliphatic rings. The van der Waals surface area contributed by atoms with Gasteiger partial charge in [-0.25, -0.2) is 0 Å². The summed E-state index contributed by atoms with van der Waals surface area (Å²) in [6.45, 7) is 0. The van der Waals surface area contributed by atoms with Crippen LogP contribution in [0.1, 0.15) is 25.7 Å². The maximum absolute atomic E-state index is 10.5. The molecule has 96 valence electrons. The first-order valence-corrected chi connectivity index (χ1v) is 6.20. The third-order valence-corrected chi connectivity index (χ3v) is 2.77. The Kier molecular flexibility index (Phi) is 10.0. The molecule has 0 fully saturated rings. The maximum atomic E-state index is 10.5. The summed E-state index contributed by atoms with van der Waals surface area (Å²) in [5, 5.41) is 16.9. The van der Waals surface area contributed by atoms with E-state index in [4.69, 9.17) is 14.8 Å². The molecule has 0 saturated carbocycles. The number of hydrogen-bond acceptors (Lipinski definition) is 4. The zero-order valence-corrected chi connectivity index (χ0v) is 9.31. The van der Waals surface area contributed by atoms with Crippen molar-refractivity contribution in [2.24, 2.45) is 5.92 Å². The van der Waals surface area contributed by atoms with E-state index in [0.29, 0.717) is 0 Å². The fourth-order valence-electron chi connectivity index (χ4n) is 1.24. The van der Waals surface area contributed by atoms with E-state index in [1.165, 1.54) is 0 Å². The van der Waals surface area contributed by atoms with Gasteiger partial charge in [-0.3, -0.25) is 14.1 Å². The van der Waals surface area contributed by atoms with Crippen LogP contribution in [0.5, 0.6) is 0 Å². The molecule has 17 heavy (non-hydrogen) atoms. The van der Waals surface area contributed by atoms with Crippen LogP contribution >= 0.6 is 0 Å². The van der Waals surface area contributed by atoms with E-state index < -0.39 is 33.7 Å². The average Bonchev–Trinajstić information content (AvgIpc) is 2.07. The molecule has 0 aromatic heterocycles. The van der Waals surface area contributed by atoms with Gasteiger partial charge in [-0.2, -0.15) is 8.42 Å². The Labute approximate surface area is 121 Å². The van der Waals surface area contributed by atoms with Crippen LogP contribution in [0, 0.1) is 5.92 Å². The molecule has 0 saturated heterocycles. The van der Waals surface area contributed by atoms with E-state index in [0.717, 1.165) is 0 Å². The zero-order valence-electron chi connectivity index (χ0n) is 8.50. The van der Waals surface area contributed by atoms with Gasteiger partial charge in [0, 0.05) is 12.8 Å². The monoisotopic (exact) mass is 278 g/mol. The Morgan fingerprint density at radius 3 is 1.94 bits per heavy atom. The van der Waals surface area contributed by atoms with Crippen molar-refractivity contribution in [3.8, 4) is 0 Å². The second-order valence-corrected chi connectivity index (χ2v) is 5.04. The summed E-state index contributed by atoms with van der Waals surface area (Å²) in [7, 11) is -4.13. The Bertz CT molecular complexity index is 351. The zero-order chi connectivity index (χ0) is 12.8. The van der Waals surface area contributed by atoms with Gasteiger partial charge in [0.05, 0.1) is 5.75 Å². The molecule has 0 amide bonds. The number of rotatable bonds is 8. The van der Waals surface area contributed by atoms with E-state index in [9.17, 15) is 18.0 Å². The van der Waals surface area contributed by atoms with Crippen molar-refractivity contribution in [1.29, 1.82) is 0 Å². The van der Waals surface area contributed by atoms with Crippen LogP contribution in [0.15, 0.2) is 0 Å². The summed E-state index contributed by atoms with van der Waals surface area (Å²) in [5.41, 5.74) is 0. The summed E-state index contributed by atoms with van der Waals surface area (Å²) >= 11 is 0. The number of carboxylic acid groups (broad SMARTS) is 2. The average molecular weight is 278 g/mol. The Balaban J connectivity index is 0. The quantitative estimate of drug-likeness (QED) is 0.406. The summed E-state index contributed by atoms with van der Waals surface area (Å²) in [4.78, 5) is 20.7. The van der Waals surface area contributed by atoms with Crippen LogP contribution in [0.3, 0.4) is 0 Å². The summed E-state index contributed by atoms with van der Waals surface area (Å²) in [6.07, 6.45) is -0.498. The van der Waals surface area contributed by atoms with Gasteiger partial charge in [0.25, 0.3) is 10.1 Å². The molecule has 9 heteroatoms. The first kappa shape index (κ1) is 19.2. The van der Waals surface area contributed by atoms with Gasteiger partial charge >= 0.3 is 41.5 Å². The molecular formula is C8H15NaO7S. The van der Waals surface area contributed by atoms with E-state index in [1.807, 2.05) is 0 Å². The van der Waals surface area contributed by atoms with Crippen LogP contribution in [0.25, 0.3) is 0 Å². The first-order chi connectivity index (χ1) is 7.20. The van der Waals surface area contributed by atoms with Crippen LogP contribution in [0.4, 0.5) is 0 Å². The SMILES string of the molecule is O=C(O)CCC(CCS(=O)(=O)O)CC(=O)O.[NaH]. The molecule has 0 aromatic rings. The van der Waals surface area contributed by atoms with Gasteiger partial charge in [0.15, 0.2) is 0 Å². The van der Waals surface area contributed by atoms with E-state index >= 15 is 0 Å². The summed E-state index contributed by atoms with van der Waals surface area (Å²) in [5.74, 6) is -3.30. The molecule has 0 aliphatic carbocycles. The van der Waals surface area contributed by atoms with E-state index in [2.05, 4.69) is 0 Å². The summed E-state index contributed by atoms with van der Waals surface area (Å²) in [6, 6.07) is 0. The molecule has 7 nitrogen and oxygen atoms in total. The van der Waals surface area contributed by atoms with Crippen molar-refractivity contribution in [2.45, 2.75) is 25.7 Å². The Morgan fingerprint density at radius 1 is 1.06 bits per heavy atom. The first-order valence-electron chi connectivity index (χ1n) is 4.59. The van der Waals surface area contributed by atoms with Crippen molar-refractivity contribution >= 4 is 51.6 Å². The van der Waals surface area contributed by atoms with E-state index in [1.54, 1.807) is 0 Å². The molecule has 0 spiro atoms. The predicted octanol–water partition coefficient (Wildman–Crippen LogP) is -0.428. The standard InChI is InChI=1S/C8H14O7S.Na.H/c9-7(10)2-1-6(5-8(11)12)3-4-16(13,14)15;;/h6H,1-5H2,(H,9,10)(H,11,12)(H,13,14,15);;. The van der Waals surface area contributed by atoms with Gasteiger partial charge < -0.3 is 10.2 Å². The fourth-order valence-corrected chi connectivity index (χ4v) is 1.87. The molecule has 0 aliphatic heterocycles. The van der Waals surface area contributed by atoms with Crippen LogP contribution in [0.2, 0.25) is 0 Å². The number of aliphatic carboxylic acids is 2. The summed E-state index contributed by atoms with van der Waals surface area (Å²) < 4.78 is 29.4. The minimum atomic E-state index is -4.13. The fraction of sp³-hybridized carbons (Fsp3) is 0.750. The van der Waals surface area contributed by atoms with Crippen molar-refractivity contribution in [3.05, 3.63) is 0 Å². The topological polar surface area (TPSA) is 129 Å². The van der Waals surface area contributed by atoms with Crippen molar-refractivity contribution in [3.63, 3.8) is 0 Å². The van der Waals surface area contributed by atoms with Crippen molar-refractivity contribution in [1.82, 2.24) is 0 Å². The molecule has 3 N–H and O–H groups in total. The number of hydrogen-bond donors (Lipinski definition) is 3. The number of carboxylic acids is 2. The van der Waals surface area contributed by atoms with Crippen LogP contribution < -0.4 is 0 Å². The third kappa shape index (κ3) is 13.8. The second-order valence-electron chi connectivity index (χ2n) is 3.47. The molecule has 0 bridgehead atoms.